The zero-order valence-corrected chi connectivity index (χ0v) is 11.7. The van der Waals surface area contributed by atoms with Crippen LogP contribution in [0.5, 0.6) is 0 Å². The van der Waals surface area contributed by atoms with Gasteiger partial charge in [0, 0.05) is 18.4 Å². The van der Waals surface area contributed by atoms with Crippen LogP contribution < -0.4 is 5.73 Å². The van der Waals surface area contributed by atoms with Crippen molar-refractivity contribution < 1.29 is 43.5 Å². The molecule has 0 amide bonds. The predicted octanol–water partition coefficient (Wildman–Crippen LogP) is -1.89. The van der Waals surface area contributed by atoms with E-state index in [2.05, 4.69) is 4.74 Å². The van der Waals surface area contributed by atoms with Gasteiger partial charge in [0.15, 0.2) is 6.17 Å². The minimum absolute atomic E-state index is 0.419. The van der Waals surface area contributed by atoms with E-state index in [0.717, 1.165) is 6.92 Å². The third kappa shape index (κ3) is 3.41. The molecule has 128 valence electrons. The number of halogens is 2. The number of carbonyl (C=O) groups excluding carboxylic acids is 1. The molecule has 1 fully saturated rings. The number of ether oxygens (including phenoxy) is 1. The van der Waals surface area contributed by atoms with Crippen molar-refractivity contribution in [2.45, 2.75) is 49.7 Å². The van der Waals surface area contributed by atoms with Crippen molar-refractivity contribution in [3.8, 4) is 0 Å². The zero-order chi connectivity index (χ0) is 17.2. The number of carboxylic acids is 1. The first-order valence-corrected chi connectivity index (χ1v) is 6.52. The highest BCUT2D eigenvalue weighted by molar-refractivity contribution is 5.78. The smallest absolute Gasteiger partial charge is 0.372 e. The van der Waals surface area contributed by atoms with Gasteiger partial charge in [-0.3, -0.25) is 0 Å². The van der Waals surface area contributed by atoms with Gasteiger partial charge in [0.25, 0.3) is 0 Å². The molecule has 2 unspecified atom stereocenters. The van der Waals surface area contributed by atoms with E-state index in [1.807, 2.05) is 0 Å². The maximum absolute atomic E-state index is 14.2. The number of ketones is 1. The second-order valence-electron chi connectivity index (χ2n) is 5.32. The van der Waals surface area contributed by atoms with E-state index in [1.165, 1.54) is 0 Å². The summed E-state index contributed by atoms with van der Waals surface area (Å²) in [4.78, 5) is 22.1. The van der Waals surface area contributed by atoms with Crippen LogP contribution in [0.1, 0.15) is 13.3 Å². The average Bonchev–Trinajstić information content (AvgIpc) is 2.45. The lowest BCUT2D eigenvalue weighted by atomic mass is 9.79. The van der Waals surface area contributed by atoms with E-state index in [4.69, 9.17) is 15.9 Å². The van der Waals surface area contributed by atoms with Crippen LogP contribution in [0.4, 0.5) is 8.78 Å². The van der Waals surface area contributed by atoms with E-state index >= 15 is 0 Å². The summed E-state index contributed by atoms with van der Waals surface area (Å²) in [6, 6.07) is -1.76. The van der Waals surface area contributed by atoms with Gasteiger partial charge in [-0.15, -0.1) is 0 Å². The lowest BCUT2D eigenvalue weighted by molar-refractivity contribution is -0.284. The van der Waals surface area contributed by atoms with Gasteiger partial charge in [-0.2, -0.15) is 4.39 Å². The van der Waals surface area contributed by atoms with Gasteiger partial charge >= 0.3 is 11.8 Å². The third-order valence-electron chi connectivity index (χ3n) is 3.65. The SMILES string of the molecule is CC(=O)C[C@H]1C([C@H](O)[C@H](O)CO)O[C@@](F)(C(=O)O)C(F)[C@H]1N. The number of Topliss-reactive ketones (excluding diaryl/α,β-unsaturated/α-hetero) is 1. The number of nitrogens with two attached hydrogens (primary N) is 1. The fourth-order valence-electron chi connectivity index (χ4n) is 2.44. The van der Waals surface area contributed by atoms with Crippen molar-refractivity contribution >= 4 is 11.8 Å². The molecule has 8 nitrogen and oxygen atoms in total. The molecule has 0 aromatic carbocycles. The van der Waals surface area contributed by atoms with Gasteiger partial charge in [0.2, 0.25) is 0 Å². The molecule has 0 aliphatic carbocycles. The summed E-state index contributed by atoms with van der Waals surface area (Å²) in [6.45, 7) is 0.203. The van der Waals surface area contributed by atoms with Crippen molar-refractivity contribution in [2.75, 3.05) is 6.61 Å². The Hall–Kier alpha value is -1.20. The highest BCUT2D eigenvalue weighted by Crippen LogP contribution is 2.39. The molecule has 0 aromatic rings. The number of hydrogen-bond donors (Lipinski definition) is 5. The summed E-state index contributed by atoms with van der Waals surface area (Å²) < 4.78 is 32.7. The third-order valence-corrected chi connectivity index (χ3v) is 3.65. The Morgan fingerprint density at radius 3 is 2.36 bits per heavy atom. The quantitative estimate of drug-likeness (QED) is 0.380. The van der Waals surface area contributed by atoms with E-state index in [1.54, 1.807) is 0 Å². The zero-order valence-electron chi connectivity index (χ0n) is 11.7. The van der Waals surface area contributed by atoms with Crippen molar-refractivity contribution in [3.63, 3.8) is 0 Å². The molecule has 0 bridgehead atoms. The Labute approximate surface area is 124 Å². The molecule has 1 heterocycles. The first-order valence-electron chi connectivity index (χ1n) is 6.52. The van der Waals surface area contributed by atoms with Crippen LogP contribution in [0.2, 0.25) is 0 Å². The fraction of sp³-hybridized carbons (Fsp3) is 0.833. The van der Waals surface area contributed by atoms with Crippen LogP contribution in [0, 0.1) is 5.92 Å². The van der Waals surface area contributed by atoms with E-state index in [-0.39, 0.29) is 0 Å². The summed E-state index contributed by atoms with van der Waals surface area (Å²) in [7, 11) is 0. The number of alkyl halides is 2. The molecule has 0 radical (unpaired) electrons. The van der Waals surface area contributed by atoms with Gasteiger partial charge in [-0.05, 0) is 6.92 Å². The van der Waals surface area contributed by atoms with E-state index < -0.39 is 67.1 Å². The molecule has 1 rings (SSSR count). The summed E-state index contributed by atoms with van der Waals surface area (Å²) in [5.41, 5.74) is 5.49. The number of rotatable bonds is 6. The molecule has 1 aliphatic rings. The summed E-state index contributed by atoms with van der Waals surface area (Å²) in [6.07, 6.45) is -8.74. The predicted molar refractivity (Wildman–Crippen MR) is 67.1 cm³/mol. The highest BCUT2D eigenvalue weighted by atomic mass is 19.2. The van der Waals surface area contributed by atoms with Crippen molar-refractivity contribution in [1.29, 1.82) is 0 Å². The van der Waals surface area contributed by atoms with Crippen molar-refractivity contribution in [2.24, 2.45) is 11.7 Å². The fourth-order valence-corrected chi connectivity index (χ4v) is 2.44. The Bertz CT molecular complexity index is 438. The van der Waals surface area contributed by atoms with Crippen LogP contribution in [0.15, 0.2) is 0 Å². The van der Waals surface area contributed by atoms with Gasteiger partial charge < -0.3 is 35.7 Å². The topological polar surface area (TPSA) is 150 Å². The molecule has 0 aromatic heterocycles. The average molecular weight is 327 g/mol. The monoisotopic (exact) mass is 327 g/mol. The van der Waals surface area contributed by atoms with Crippen molar-refractivity contribution in [1.82, 2.24) is 0 Å². The molecule has 0 spiro atoms. The highest BCUT2D eigenvalue weighted by Gasteiger charge is 2.61. The van der Waals surface area contributed by atoms with Crippen molar-refractivity contribution in [3.05, 3.63) is 0 Å². The van der Waals surface area contributed by atoms with Crippen LogP contribution in [-0.4, -0.2) is 75.2 Å². The lowest BCUT2D eigenvalue weighted by Gasteiger charge is -2.45. The van der Waals surface area contributed by atoms with Gasteiger partial charge in [-0.1, -0.05) is 0 Å². The van der Waals surface area contributed by atoms with Crippen LogP contribution in [0.3, 0.4) is 0 Å². The number of aliphatic hydroxyl groups excluding tert-OH is 3. The van der Waals surface area contributed by atoms with E-state index in [0.29, 0.717) is 0 Å². The number of aliphatic hydroxyl groups is 3. The number of carboxylic acid groups (broad SMARTS) is 1. The molecule has 22 heavy (non-hydrogen) atoms. The van der Waals surface area contributed by atoms with Gasteiger partial charge in [-0.25, -0.2) is 9.18 Å². The maximum atomic E-state index is 14.2. The number of aliphatic carboxylic acids is 1. The number of carbonyl (C=O) groups is 2. The molecule has 6 N–H and O–H groups in total. The molecular formula is C12H19F2NO7. The van der Waals surface area contributed by atoms with Gasteiger partial charge in [0.05, 0.1) is 12.7 Å². The lowest BCUT2D eigenvalue weighted by Crippen LogP contribution is -2.67. The molecule has 1 saturated heterocycles. The van der Waals surface area contributed by atoms with Crippen LogP contribution in [0.25, 0.3) is 0 Å². The second-order valence-corrected chi connectivity index (χ2v) is 5.32. The van der Waals surface area contributed by atoms with Crippen LogP contribution >= 0.6 is 0 Å². The second kappa shape index (κ2) is 6.92. The number of hydrogen-bond acceptors (Lipinski definition) is 7. The van der Waals surface area contributed by atoms with Gasteiger partial charge in [0.1, 0.15) is 18.0 Å². The normalized spacial score (nSPS) is 38.3. The first-order chi connectivity index (χ1) is 10.1. The molecule has 10 heteroatoms. The summed E-state index contributed by atoms with van der Waals surface area (Å²) in [5, 5.41) is 36.9. The van der Waals surface area contributed by atoms with Crippen LogP contribution in [-0.2, 0) is 14.3 Å². The summed E-state index contributed by atoms with van der Waals surface area (Å²) in [5.74, 6) is -7.86. The summed E-state index contributed by atoms with van der Waals surface area (Å²) >= 11 is 0. The Balaban J connectivity index is 3.19. The minimum Gasteiger partial charge on any atom is -0.477 e. The maximum Gasteiger partial charge on any atom is 0.372 e. The largest absolute Gasteiger partial charge is 0.477 e. The Kier molecular flexibility index (Phi) is 5.93. The molecule has 0 saturated carbocycles. The molecule has 7 atom stereocenters. The molecular weight excluding hydrogens is 308 g/mol. The molecule has 1 aliphatic heterocycles. The Morgan fingerprint density at radius 1 is 1.41 bits per heavy atom. The van der Waals surface area contributed by atoms with E-state index in [9.17, 15) is 28.6 Å². The first kappa shape index (κ1) is 18.8. The standard InChI is InChI=1S/C12H19F2NO7/c1-4(17)2-5-7(15)10(13)12(14,11(20)21)22-9(5)8(19)6(18)3-16/h5-10,16,18-19H,2-3,15H2,1H3,(H,20,21)/t5-,6-,7+,8-,9?,10?,12-/m1/s1. The minimum atomic E-state index is -3.83. The Morgan fingerprint density at radius 2 is 1.95 bits per heavy atom.